The van der Waals surface area contributed by atoms with Gasteiger partial charge < -0.3 is 15.4 Å². The summed E-state index contributed by atoms with van der Waals surface area (Å²) in [5.41, 5.74) is -0.351. The number of benzene rings is 2. The molecule has 2 aromatic rings. The van der Waals surface area contributed by atoms with Crippen LogP contribution in [0.3, 0.4) is 0 Å². The van der Waals surface area contributed by atoms with E-state index in [1.165, 1.54) is 12.1 Å². The normalized spacial score (nSPS) is 18.0. The molecule has 2 atom stereocenters. The number of thioether (sulfide) groups is 1. The van der Waals surface area contributed by atoms with Crippen LogP contribution in [-0.4, -0.2) is 30.6 Å². The highest BCUT2D eigenvalue weighted by Crippen LogP contribution is 2.40. The van der Waals surface area contributed by atoms with Gasteiger partial charge in [-0.15, -0.1) is 0 Å². The monoisotopic (exact) mass is 489 g/mol. The molecule has 0 bridgehead atoms. The average Bonchev–Trinajstić information content (AvgIpc) is 2.82. The Morgan fingerprint density at radius 1 is 1.18 bits per heavy atom. The van der Waals surface area contributed by atoms with Crippen molar-refractivity contribution in [2.75, 3.05) is 18.2 Å². The van der Waals surface area contributed by atoms with Crippen molar-refractivity contribution in [2.45, 2.75) is 12.1 Å². The highest BCUT2D eigenvalue weighted by molar-refractivity contribution is 8.03. The number of alkyl halides is 3. The van der Waals surface area contributed by atoms with Gasteiger partial charge in [0, 0.05) is 11.6 Å². The van der Waals surface area contributed by atoms with Crippen molar-refractivity contribution in [3.63, 3.8) is 0 Å². The van der Waals surface area contributed by atoms with Gasteiger partial charge in [-0.25, -0.2) is 0 Å². The van der Waals surface area contributed by atoms with Gasteiger partial charge in [-0.1, -0.05) is 48.2 Å². The van der Waals surface area contributed by atoms with E-state index in [0.29, 0.717) is 5.56 Å². The molecule has 0 saturated heterocycles. The molecule has 0 unspecified atom stereocenters. The minimum atomic E-state index is -4.56. The molecule has 0 radical (unpaired) electrons. The summed E-state index contributed by atoms with van der Waals surface area (Å²) < 4.78 is 43.4. The molecule has 0 aromatic heterocycles. The Morgan fingerprint density at radius 3 is 2.50 bits per heavy atom. The fourth-order valence-corrected chi connectivity index (χ4v) is 4.30. The summed E-state index contributed by atoms with van der Waals surface area (Å²) in [5, 5.41) is 14.8. The van der Waals surface area contributed by atoms with E-state index in [-0.39, 0.29) is 22.0 Å². The standard InChI is InChI=1S/C23H18F3N3O4S/c1-33-22(32)19-18(13-6-3-2-4-7-13)16(11-27)21(29-20(19)31)34-12-17(30)28-15-9-5-8-14(10-15)23(24,25)26/h2-10,18-19H,12H2,1H3,(H,28,30)(H,29,31)/t18-,19-/m0/s1. The Kier molecular flexibility index (Phi) is 7.63. The van der Waals surface area contributed by atoms with Crippen molar-refractivity contribution in [3.05, 3.63) is 76.3 Å². The number of carbonyl (C=O) groups excluding carboxylic acids is 3. The maximum absolute atomic E-state index is 12.9. The number of ether oxygens (including phenoxy) is 1. The molecule has 2 N–H and O–H groups in total. The number of halogens is 3. The van der Waals surface area contributed by atoms with Crippen molar-refractivity contribution in [1.82, 2.24) is 5.32 Å². The number of nitriles is 1. The van der Waals surface area contributed by atoms with E-state index in [2.05, 4.69) is 10.6 Å². The molecule has 34 heavy (non-hydrogen) atoms. The highest BCUT2D eigenvalue weighted by Gasteiger charge is 2.44. The minimum Gasteiger partial charge on any atom is -0.468 e. The van der Waals surface area contributed by atoms with Gasteiger partial charge in [-0.05, 0) is 23.8 Å². The van der Waals surface area contributed by atoms with Crippen LogP contribution in [0, 0.1) is 17.2 Å². The lowest BCUT2D eigenvalue weighted by Crippen LogP contribution is -2.44. The number of allylic oxidation sites excluding steroid dienone is 1. The molecule has 2 aromatic carbocycles. The molecular weight excluding hydrogens is 471 g/mol. The molecular formula is C23H18F3N3O4S. The molecule has 1 heterocycles. The van der Waals surface area contributed by atoms with Crippen LogP contribution < -0.4 is 10.6 Å². The van der Waals surface area contributed by atoms with Crippen molar-refractivity contribution < 1.29 is 32.3 Å². The van der Waals surface area contributed by atoms with Crippen LogP contribution in [0.2, 0.25) is 0 Å². The Hall–Kier alpha value is -3.78. The number of amides is 2. The second-order valence-electron chi connectivity index (χ2n) is 7.15. The number of anilines is 1. The summed E-state index contributed by atoms with van der Waals surface area (Å²) in [4.78, 5) is 37.4. The Morgan fingerprint density at radius 2 is 1.88 bits per heavy atom. The first-order chi connectivity index (χ1) is 16.2. The van der Waals surface area contributed by atoms with E-state index in [1.807, 2.05) is 6.07 Å². The Balaban J connectivity index is 1.83. The van der Waals surface area contributed by atoms with Crippen LogP contribution in [0.15, 0.2) is 65.2 Å². The summed E-state index contributed by atoms with van der Waals surface area (Å²) in [6.45, 7) is 0. The third-order valence-electron chi connectivity index (χ3n) is 4.96. The molecule has 7 nitrogen and oxygen atoms in total. The Bertz CT molecular complexity index is 1180. The lowest BCUT2D eigenvalue weighted by molar-refractivity contribution is -0.150. The average molecular weight is 489 g/mol. The van der Waals surface area contributed by atoms with Crippen molar-refractivity contribution in [3.8, 4) is 6.07 Å². The molecule has 0 fully saturated rings. The van der Waals surface area contributed by atoms with Gasteiger partial charge in [0.1, 0.15) is 5.92 Å². The molecule has 176 valence electrons. The molecule has 1 aliphatic rings. The molecule has 0 saturated carbocycles. The quantitative estimate of drug-likeness (QED) is 0.472. The zero-order chi connectivity index (χ0) is 24.9. The molecule has 0 aliphatic carbocycles. The second kappa shape index (κ2) is 10.4. The molecule has 11 heteroatoms. The van der Waals surface area contributed by atoms with Gasteiger partial charge in [0.2, 0.25) is 11.8 Å². The van der Waals surface area contributed by atoms with Crippen molar-refractivity contribution >= 4 is 35.2 Å². The van der Waals surface area contributed by atoms with E-state index >= 15 is 0 Å². The van der Waals surface area contributed by atoms with E-state index in [0.717, 1.165) is 31.0 Å². The maximum atomic E-state index is 12.9. The number of hydrogen-bond donors (Lipinski definition) is 2. The first kappa shape index (κ1) is 24.9. The number of carbonyl (C=O) groups is 3. The fraction of sp³-hybridized carbons (Fsp3) is 0.217. The van der Waals surface area contributed by atoms with E-state index < -0.39 is 41.4 Å². The molecule has 1 aliphatic heterocycles. The smallest absolute Gasteiger partial charge is 0.416 e. The zero-order valence-electron chi connectivity index (χ0n) is 17.7. The fourth-order valence-electron chi connectivity index (χ4n) is 3.45. The summed E-state index contributed by atoms with van der Waals surface area (Å²) in [6.07, 6.45) is -4.56. The summed E-state index contributed by atoms with van der Waals surface area (Å²) in [6, 6.07) is 14.6. The van der Waals surface area contributed by atoms with E-state index in [9.17, 15) is 32.8 Å². The van der Waals surface area contributed by atoms with Gasteiger partial charge in [0.05, 0.1) is 35.1 Å². The van der Waals surface area contributed by atoms with E-state index in [4.69, 9.17) is 4.74 Å². The summed E-state index contributed by atoms with van der Waals surface area (Å²) in [7, 11) is 1.13. The number of rotatable bonds is 6. The Labute approximate surface area is 197 Å². The van der Waals surface area contributed by atoms with E-state index in [1.54, 1.807) is 30.3 Å². The third-order valence-corrected chi connectivity index (χ3v) is 5.98. The third kappa shape index (κ3) is 5.58. The van der Waals surface area contributed by atoms with Gasteiger partial charge in [0.15, 0.2) is 0 Å². The number of esters is 1. The van der Waals surface area contributed by atoms with Gasteiger partial charge in [-0.3, -0.25) is 14.4 Å². The minimum absolute atomic E-state index is 0.0458. The van der Waals surface area contributed by atoms with Crippen LogP contribution in [0.5, 0.6) is 0 Å². The SMILES string of the molecule is COC(=O)[C@@H]1C(=O)NC(SCC(=O)Nc2cccc(C(F)(F)F)c2)=C(C#N)[C@@H]1c1ccccc1. The van der Waals surface area contributed by atoms with Crippen LogP contribution in [0.25, 0.3) is 0 Å². The van der Waals surface area contributed by atoms with Crippen molar-refractivity contribution in [2.24, 2.45) is 5.92 Å². The van der Waals surface area contributed by atoms with Gasteiger partial charge in [0.25, 0.3) is 0 Å². The first-order valence-electron chi connectivity index (χ1n) is 9.83. The molecule has 2 amide bonds. The number of methoxy groups -OCH3 is 1. The number of nitrogens with zero attached hydrogens (tertiary/aromatic N) is 1. The van der Waals surface area contributed by atoms with Gasteiger partial charge in [-0.2, -0.15) is 18.4 Å². The molecule has 3 rings (SSSR count). The predicted octanol–water partition coefficient (Wildman–Crippen LogP) is 3.82. The lowest BCUT2D eigenvalue weighted by atomic mass is 9.78. The van der Waals surface area contributed by atoms with Crippen molar-refractivity contribution in [1.29, 1.82) is 5.26 Å². The van der Waals surface area contributed by atoms with Crippen LogP contribution >= 0.6 is 11.8 Å². The maximum Gasteiger partial charge on any atom is 0.416 e. The van der Waals surface area contributed by atoms with Gasteiger partial charge >= 0.3 is 12.1 Å². The first-order valence-corrected chi connectivity index (χ1v) is 10.8. The lowest BCUT2D eigenvalue weighted by Gasteiger charge is -2.30. The predicted molar refractivity (Wildman–Crippen MR) is 118 cm³/mol. The highest BCUT2D eigenvalue weighted by atomic mass is 32.2. The number of hydrogen-bond acceptors (Lipinski definition) is 6. The van der Waals surface area contributed by atoms with Crippen LogP contribution in [0.1, 0.15) is 17.0 Å². The number of nitrogens with one attached hydrogen (secondary N) is 2. The zero-order valence-corrected chi connectivity index (χ0v) is 18.5. The van der Waals surface area contributed by atoms with Crippen LogP contribution in [-0.2, 0) is 25.3 Å². The topological polar surface area (TPSA) is 108 Å². The molecule has 0 spiro atoms. The largest absolute Gasteiger partial charge is 0.468 e. The second-order valence-corrected chi connectivity index (χ2v) is 8.13. The van der Waals surface area contributed by atoms with Crippen LogP contribution in [0.4, 0.5) is 18.9 Å². The summed E-state index contributed by atoms with van der Waals surface area (Å²) >= 11 is 0.829. The summed E-state index contributed by atoms with van der Waals surface area (Å²) in [5.74, 6) is -4.69.